The molecule has 0 aliphatic rings. The predicted octanol–water partition coefficient (Wildman–Crippen LogP) is 5.02. The van der Waals surface area contributed by atoms with E-state index < -0.39 is 6.10 Å². The van der Waals surface area contributed by atoms with E-state index >= 15 is 0 Å². The van der Waals surface area contributed by atoms with Crippen LogP contribution in [-0.2, 0) is 11.2 Å². The fourth-order valence-electron chi connectivity index (χ4n) is 2.79. The van der Waals surface area contributed by atoms with Crippen LogP contribution in [0.4, 0.5) is 0 Å². The largest absolute Gasteiger partial charge is 0.481 e. The van der Waals surface area contributed by atoms with E-state index in [2.05, 4.69) is 43.4 Å². The van der Waals surface area contributed by atoms with Gasteiger partial charge in [-0.25, -0.2) is 0 Å². The molecule has 0 aromatic heterocycles. The summed E-state index contributed by atoms with van der Waals surface area (Å²) in [5, 5.41) is 3.00. The van der Waals surface area contributed by atoms with E-state index in [9.17, 15) is 4.79 Å². The maximum atomic E-state index is 12.3. The fourth-order valence-corrected chi connectivity index (χ4v) is 2.79. The topological polar surface area (TPSA) is 38.3 Å². The SMILES string of the molecule is CCC(Oc1ccc(C)cc1)C(=O)NCCCc1ccc(C(C)C)cc1. The maximum absolute atomic E-state index is 12.3. The van der Waals surface area contributed by atoms with Crippen molar-refractivity contribution in [2.75, 3.05) is 6.54 Å². The van der Waals surface area contributed by atoms with Crippen molar-refractivity contribution in [3.8, 4) is 5.75 Å². The number of rotatable bonds is 9. The van der Waals surface area contributed by atoms with Crippen LogP contribution >= 0.6 is 0 Å². The molecule has 1 atom stereocenters. The van der Waals surface area contributed by atoms with E-state index in [1.807, 2.05) is 38.1 Å². The molecule has 2 rings (SSSR count). The molecular formula is C23H31NO2. The smallest absolute Gasteiger partial charge is 0.261 e. The number of hydrogen-bond donors (Lipinski definition) is 1. The Morgan fingerprint density at radius 2 is 1.69 bits per heavy atom. The van der Waals surface area contributed by atoms with Crippen molar-refractivity contribution in [1.82, 2.24) is 5.32 Å². The highest BCUT2D eigenvalue weighted by molar-refractivity contribution is 5.81. The van der Waals surface area contributed by atoms with Crippen LogP contribution in [0.2, 0.25) is 0 Å². The van der Waals surface area contributed by atoms with Crippen LogP contribution < -0.4 is 10.1 Å². The number of carbonyl (C=O) groups is 1. The molecule has 0 heterocycles. The molecule has 3 nitrogen and oxygen atoms in total. The third kappa shape index (κ3) is 6.21. The second-order valence-electron chi connectivity index (χ2n) is 7.12. The van der Waals surface area contributed by atoms with E-state index in [4.69, 9.17) is 4.74 Å². The Hall–Kier alpha value is -2.29. The minimum Gasteiger partial charge on any atom is -0.481 e. The van der Waals surface area contributed by atoms with Gasteiger partial charge in [-0.2, -0.15) is 0 Å². The molecule has 1 N–H and O–H groups in total. The molecule has 140 valence electrons. The van der Waals surface area contributed by atoms with Crippen molar-refractivity contribution in [2.45, 2.75) is 59.0 Å². The van der Waals surface area contributed by atoms with Gasteiger partial charge in [0.25, 0.3) is 5.91 Å². The van der Waals surface area contributed by atoms with Gasteiger partial charge in [-0.15, -0.1) is 0 Å². The number of nitrogens with one attached hydrogen (secondary N) is 1. The highest BCUT2D eigenvalue weighted by Gasteiger charge is 2.17. The summed E-state index contributed by atoms with van der Waals surface area (Å²) < 4.78 is 5.82. The van der Waals surface area contributed by atoms with Gasteiger partial charge in [-0.05, 0) is 55.4 Å². The molecule has 2 aromatic rings. The first-order valence-electron chi connectivity index (χ1n) is 9.59. The molecular weight excluding hydrogens is 322 g/mol. The zero-order chi connectivity index (χ0) is 18.9. The summed E-state index contributed by atoms with van der Waals surface area (Å²) in [5.74, 6) is 1.26. The van der Waals surface area contributed by atoms with Crippen LogP contribution in [0, 0.1) is 6.92 Å². The first-order valence-corrected chi connectivity index (χ1v) is 9.59. The van der Waals surface area contributed by atoms with E-state index in [-0.39, 0.29) is 5.91 Å². The highest BCUT2D eigenvalue weighted by atomic mass is 16.5. The highest BCUT2D eigenvalue weighted by Crippen LogP contribution is 2.16. The Balaban J connectivity index is 1.75. The molecule has 1 amide bonds. The van der Waals surface area contributed by atoms with Crippen LogP contribution in [-0.4, -0.2) is 18.6 Å². The lowest BCUT2D eigenvalue weighted by atomic mass is 10.0. The molecule has 1 unspecified atom stereocenters. The van der Waals surface area contributed by atoms with Gasteiger partial charge < -0.3 is 10.1 Å². The number of amides is 1. The van der Waals surface area contributed by atoms with Gasteiger partial charge in [0.05, 0.1) is 0 Å². The standard InChI is InChI=1S/C23H31NO2/c1-5-22(26-21-14-8-18(4)9-15-21)23(25)24-16-6-7-19-10-12-20(13-11-19)17(2)3/h8-15,17,22H,5-7,16H2,1-4H3,(H,24,25). The number of carbonyl (C=O) groups excluding carboxylic acids is 1. The van der Waals surface area contributed by atoms with Gasteiger partial charge in [0.1, 0.15) is 5.75 Å². The Bertz CT molecular complexity index is 674. The van der Waals surface area contributed by atoms with Crippen LogP contribution in [0.1, 0.15) is 56.2 Å². The average Bonchev–Trinajstić information content (AvgIpc) is 2.65. The molecule has 0 saturated heterocycles. The van der Waals surface area contributed by atoms with Gasteiger partial charge in [-0.3, -0.25) is 4.79 Å². The number of hydrogen-bond acceptors (Lipinski definition) is 2. The molecule has 0 radical (unpaired) electrons. The molecule has 26 heavy (non-hydrogen) atoms. The second-order valence-corrected chi connectivity index (χ2v) is 7.12. The van der Waals surface area contributed by atoms with E-state index in [0.717, 1.165) is 18.6 Å². The minimum absolute atomic E-state index is 0.0387. The van der Waals surface area contributed by atoms with Crippen molar-refractivity contribution in [1.29, 1.82) is 0 Å². The lowest BCUT2D eigenvalue weighted by Crippen LogP contribution is -2.38. The molecule has 0 aliphatic heterocycles. The van der Waals surface area contributed by atoms with Crippen molar-refractivity contribution < 1.29 is 9.53 Å². The summed E-state index contributed by atoms with van der Waals surface area (Å²) in [6.07, 6.45) is 2.10. The Labute approximate surface area is 157 Å². The predicted molar refractivity (Wildman–Crippen MR) is 108 cm³/mol. The lowest BCUT2D eigenvalue weighted by molar-refractivity contribution is -0.128. The van der Waals surface area contributed by atoms with E-state index in [1.54, 1.807) is 0 Å². The normalized spacial score (nSPS) is 12.0. The molecule has 3 heteroatoms. The van der Waals surface area contributed by atoms with E-state index in [0.29, 0.717) is 18.9 Å². The van der Waals surface area contributed by atoms with Crippen LogP contribution in [0.3, 0.4) is 0 Å². The third-order valence-electron chi connectivity index (χ3n) is 4.55. The average molecular weight is 354 g/mol. The van der Waals surface area contributed by atoms with Crippen molar-refractivity contribution in [3.63, 3.8) is 0 Å². The molecule has 0 aliphatic carbocycles. The maximum Gasteiger partial charge on any atom is 0.261 e. The summed E-state index contributed by atoms with van der Waals surface area (Å²) in [6.45, 7) is 9.07. The quantitative estimate of drug-likeness (QED) is 0.643. The summed E-state index contributed by atoms with van der Waals surface area (Å²) in [7, 11) is 0. The lowest BCUT2D eigenvalue weighted by Gasteiger charge is -2.17. The molecule has 2 aromatic carbocycles. The van der Waals surface area contributed by atoms with Gasteiger partial charge in [0.15, 0.2) is 6.10 Å². The number of ether oxygens (including phenoxy) is 1. The van der Waals surface area contributed by atoms with E-state index in [1.165, 1.54) is 16.7 Å². The summed E-state index contributed by atoms with van der Waals surface area (Å²) in [4.78, 5) is 12.3. The Morgan fingerprint density at radius 3 is 2.27 bits per heavy atom. The van der Waals surface area contributed by atoms with Gasteiger partial charge in [-0.1, -0.05) is 62.7 Å². The first kappa shape index (κ1) is 20.0. The number of aryl methyl sites for hydroxylation is 2. The van der Waals surface area contributed by atoms with Crippen molar-refractivity contribution in [2.24, 2.45) is 0 Å². The van der Waals surface area contributed by atoms with Crippen LogP contribution in [0.15, 0.2) is 48.5 Å². The summed E-state index contributed by atoms with van der Waals surface area (Å²) in [6, 6.07) is 16.6. The third-order valence-corrected chi connectivity index (χ3v) is 4.55. The fraction of sp³-hybridized carbons (Fsp3) is 0.435. The molecule has 0 saturated carbocycles. The van der Waals surface area contributed by atoms with Crippen LogP contribution in [0.5, 0.6) is 5.75 Å². The van der Waals surface area contributed by atoms with Gasteiger partial charge in [0, 0.05) is 6.54 Å². The van der Waals surface area contributed by atoms with Crippen LogP contribution in [0.25, 0.3) is 0 Å². The van der Waals surface area contributed by atoms with Gasteiger partial charge in [0.2, 0.25) is 0 Å². The first-order chi connectivity index (χ1) is 12.5. The number of benzene rings is 2. The molecule has 0 bridgehead atoms. The monoisotopic (exact) mass is 353 g/mol. The Kier molecular flexibility index (Phi) is 7.71. The van der Waals surface area contributed by atoms with Crippen molar-refractivity contribution >= 4 is 5.91 Å². The molecule has 0 spiro atoms. The zero-order valence-electron chi connectivity index (χ0n) is 16.4. The summed E-state index contributed by atoms with van der Waals surface area (Å²) >= 11 is 0. The van der Waals surface area contributed by atoms with Crippen molar-refractivity contribution in [3.05, 3.63) is 65.2 Å². The zero-order valence-corrected chi connectivity index (χ0v) is 16.4. The minimum atomic E-state index is -0.442. The molecule has 0 fully saturated rings. The summed E-state index contributed by atoms with van der Waals surface area (Å²) in [5.41, 5.74) is 3.85. The van der Waals surface area contributed by atoms with Gasteiger partial charge >= 0.3 is 0 Å². The second kappa shape index (κ2) is 10.0. The Morgan fingerprint density at radius 1 is 1.04 bits per heavy atom.